The van der Waals surface area contributed by atoms with E-state index in [1.54, 1.807) is 21.0 Å². The predicted molar refractivity (Wildman–Crippen MR) is 122 cm³/mol. The lowest BCUT2D eigenvalue weighted by atomic mass is 9.94. The van der Waals surface area contributed by atoms with Crippen LogP contribution in [0.1, 0.15) is 27.9 Å². The Kier molecular flexibility index (Phi) is 5.76. The SMILES string of the molecule is CN(C)C(=O)[C@@]1(C)CN(C)C(=O)c2c(O)c(=O)c(-c3ncc(Cc4ccc(F)cc4F)s3)cn21. The molecule has 1 aromatic carbocycles. The number of amides is 2. The molecule has 0 fully saturated rings. The summed E-state index contributed by atoms with van der Waals surface area (Å²) >= 11 is 1.10. The Morgan fingerprint density at radius 1 is 1.29 bits per heavy atom. The van der Waals surface area contributed by atoms with Crippen molar-refractivity contribution in [3.8, 4) is 16.3 Å². The van der Waals surface area contributed by atoms with Crippen molar-refractivity contribution in [2.45, 2.75) is 18.9 Å². The lowest BCUT2D eigenvalue weighted by Gasteiger charge is -2.42. The van der Waals surface area contributed by atoms with Gasteiger partial charge in [-0.2, -0.15) is 0 Å². The van der Waals surface area contributed by atoms with Crippen molar-refractivity contribution >= 4 is 23.2 Å². The zero-order valence-corrected chi connectivity index (χ0v) is 19.7. The zero-order valence-electron chi connectivity index (χ0n) is 18.9. The van der Waals surface area contributed by atoms with Gasteiger partial charge in [0, 0.05) is 50.9 Å². The Bertz CT molecular complexity index is 1380. The Hall–Kier alpha value is -3.60. The van der Waals surface area contributed by atoms with Crippen LogP contribution in [0.15, 0.2) is 35.4 Å². The molecule has 1 aliphatic rings. The molecule has 2 amide bonds. The molecule has 0 spiro atoms. The predicted octanol–water partition coefficient (Wildman–Crippen LogP) is 2.44. The fourth-order valence-corrected chi connectivity index (χ4v) is 5.10. The molecule has 0 aliphatic carbocycles. The van der Waals surface area contributed by atoms with Crippen molar-refractivity contribution in [1.29, 1.82) is 0 Å². The number of pyridine rings is 1. The number of hydrogen-bond acceptors (Lipinski definition) is 6. The van der Waals surface area contributed by atoms with E-state index in [4.69, 9.17) is 0 Å². The van der Waals surface area contributed by atoms with Crippen LogP contribution < -0.4 is 5.43 Å². The van der Waals surface area contributed by atoms with Gasteiger partial charge in [-0.1, -0.05) is 6.07 Å². The highest BCUT2D eigenvalue weighted by atomic mass is 32.1. The van der Waals surface area contributed by atoms with E-state index in [0.717, 1.165) is 23.5 Å². The average molecular weight is 489 g/mol. The van der Waals surface area contributed by atoms with E-state index in [9.17, 15) is 28.3 Å². The summed E-state index contributed by atoms with van der Waals surface area (Å²) in [5.41, 5.74) is -2.08. The molecule has 4 rings (SSSR count). The molecule has 0 saturated heterocycles. The van der Waals surface area contributed by atoms with Crippen molar-refractivity contribution in [3.63, 3.8) is 0 Å². The Morgan fingerprint density at radius 3 is 2.65 bits per heavy atom. The number of likely N-dealkylation sites (N-methyl/N-ethyl adjacent to an activating group) is 2. The highest BCUT2D eigenvalue weighted by molar-refractivity contribution is 7.15. The first-order valence-electron chi connectivity index (χ1n) is 10.3. The molecule has 0 saturated carbocycles. The lowest BCUT2D eigenvalue weighted by molar-refractivity contribution is -0.138. The maximum Gasteiger partial charge on any atom is 0.274 e. The van der Waals surface area contributed by atoms with Crippen molar-refractivity contribution in [3.05, 3.63) is 68.6 Å². The molecule has 2 aromatic heterocycles. The van der Waals surface area contributed by atoms with Gasteiger partial charge in [0.15, 0.2) is 11.4 Å². The van der Waals surface area contributed by atoms with Gasteiger partial charge in [-0.15, -0.1) is 11.3 Å². The summed E-state index contributed by atoms with van der Waals surface area (Å²) < 4.78 is 28.6. The minimum atomic E-state index is -1.28. The van der Waals surface area contributed by atoms with Crippen molar-refractivity contribution in [2.75, 3.05) is 27.7 Å². The number of nitrogens with zero attached hydrogens (tertiary/aromatic N) is 4. The van der Waals surface area contributed by atoms with Gasteiger partial charge < -0.3 is 19.5 Å². The second-order valence-electron chi connectivity index (χ2n) is 8.62. The molecule has 3 aromatic rings. The Balaban J connectivity index is 1.82. The fraction of sp³-hybridized carbons (Fsp3) is 0.304. The van der Waals surface area contributed by atoms with Gasteiger partial charge in [0.05, 0.1) is 12.1 Å². The molecule has 8 nitrogen and oxygen atoms in total. The summed E-state index contributed by atoms with van der Waals surface area (Å²) in [4.78, 5) is 46.4. The molecular formula is C23H22F2N4O4S. The maximum atomic E-state index is 14.1. The number of carbonyl (C=O) groups excluding carboxylic acids is 2. The Labute approximate surface area is 197 Å². The van der Waals surface area contributed by atoms with E-state index < -0.39 is 34.3 Å². The minimum Gasteiger partial charge on any atom is -0.503 e. The molecular weight excluding hydrogens is 466 g/mol. The topological polar surface area (TPSA) is 95.7 Å². The summed E-state index contributed by atoms with van der Waals surface area (Å²) in [7, 11) is 4.65. The van der Waals surface area contributed by atoms with E-state index in [2.05, 4.69) is 4.98 Å². The third kappa shape index (κ3) is 3.75. The quantitative estimate of drug-likeness (QED) is 0.609. The normalized spacial score (nSPS) is 17.6. The monoisotopic (exact) mass is 488 g/mol. The van der Waals surface area contributed by atoms with Crippen LogP contribution in [0.2, 0.25) is 0 Å². The number of carbonyl (C=O) groups is 2. The van der Waals surface area contributed by atoms with E-state index >= 15 is 0 Å². The number of hydrogen-bond donors (Lipinski definition) is 1. The largest absolute Gasteiger partial charge is 0.503 e. The van der Waals surface area contributed by atoms with Gasteiger partial charge in [-0.25, -0.2) is 13.8 Å². The maximum absolute atomic E-state index is 14.1. The number of fused-ring (bicyclic) bond motifs is 1. The van der Waals surface area contributed by atoms with Crippen molar-refractivity contribution in [1.82, 2.24) is 19.4 Å². The molecule has 11 heteroatoms. The van der Waals surface area contributed by atoms with Gasteiger partial charge in [0.1, 0.15) is 22.2 Å². The zero-order chi connectivity index (χ0) is 24.9. The fourth-order valence-electron chi connectivity index (χ4n) is 4.16. The number of thiazole rings is 1. The van der Waals surface area contributed by atoms with Crippen LogP contribution in [0, 0.1) is 11.6 Å². The number of rotatable bonds is 4. The second-order valence-corrected chi connectivity index (χ2v) is 9.73. The summed E-state index contributed by atoms with van der Waals surface area (Å²) in [5.74, 6) is -3.06. The summed E-state index contributed by atoms with van der Waals surface area (Å²) in [6.45, 7) is 1.66. The van der Waals surface area contributed by atoms with Gasteiger partial charge in [-0.3, -0.25) is 14.4 Å². The highest BCUT2D eigenvalue weighted by Crippen LogP contribution is 2.34. The van der Waals surface area contributed by atoms with Crippen LogP contribution in [0.4, 0.5) is 8.78 Å². The molecule has 0 bridgehead atoms. The van der Waals surface area contributed by atoms with E-state index in [0.29, 0.717) is 4.88 Å². The van der Waals surface area contributed by atoms with Crippen LogP contribution in [0.3, 0.4) is 0 Å². The van der Waals surface area contributed by atoms with Gasteiger partial charge >= 0.3 is 0 Å². The first kappa shape index (κ1) is 23.6. The van der Waals surface area contributed by atoms with Crippen LogP contribution in [-0.2, 0) is 16.8 Å². The number of aromatic hydroxyl groups is 1. The van der Waals surface area contributed by atoms with Crippen LogP contribution in [0.25, 0.3) is 10.6 Å². The molecule has 1 N–H and O–H groups in total. The van der Waals surface area contributed by atoms with Gasteiger partial charge in [-0.05, 0) is 18.6 Å². The summed E-state index contributed by atoms with van der Waals surface area (Å²) in [6.07, 6.45) is 2.96. The second kappa shape index (κ2) is 8.32. The van der Waals surface area contributed by atoms with Gasteiger partial charge in [0.2, 0.25) is 11.3 Å². The van der Waals surface area contributed by atoms with E-state index in [-0.39, 0.29) is 40.7 Å². The first-order chi connectivity index (χ1) is 15.9. The summed E-state index contributed by atoms with van der Waals surface area (Å²) in [5, 5.41) is 11.0. The van der Waals surface area contributed by atoms with Crippen molar-refractivity contribution in [2.24, 2.45) is 0 Å². The number of halogens is 2. The average Bonchev–Trinajstić information content (AvgIpc) is 3.23. The lowest BCUT2D eigenvalue weighted by Crippen LogP contribution is -2.58. The molecule has 3 heterocycles. The third-order valence-electron chi connectivity index (χ3n) is 5.84. The molecule has 1 aliphatic heterocycles. The number of benzene rings is 1. The van der Waals surface area contributed by atoms with E-state index in [1.165, 1.54) is 39.9 Å². The number of aromatic nitrogens is 2. The smallest absolute Gasteiger partial charge is 0.274 e. The van der Waals surface area contributed by atoms with E-state index in [1.807, 2.05) is 0 Å². The van der Waals surface area contributed by atoms with Crippen molar-refractivity contribution < 1.29 is 23.5 Å². The first-order valence-corrected chi connectivity index (χ1v) is 11.1. The van der Waals surface area contributed by atoms with Crippen LogP contribution in [0.5, 0.6) is 5.75 Å². The molecule has 34 heavy (non-hydrogen) atoms. The molecule has 1 atom stereocenters. The van der Waals surface area contributed by atoms with Gasteiger partial charge in [0.25, 0.3) is 5.91 Å². The molecule has 0 unspecified atom stereocenters. The molecule has 178 valence electrons. The Morgan fingerprint density at radius 2 is 2.00 bits per heavy atom. The minimum absolute atomic E-state index is 0.00668. The van der Waals surface area contributed by atoms with Crippen LogP contribution in [-0.4, -0.2) is 64.0 Å². The molecule has 0 radical (unpaired) electrons. The standard InChI is InChI=1S/C23H22F2N4O4S/c1-23(22(33)27(2)3)11-28(4)21(32)17-19(31)18(30)15(10-29(17)23)20-26-9-14(34-20)7-12-5-6-13(24)8-16(12)25/h5-6,8-10,31H,7,11H2,1-4H3/t23-/m1/s1. The van der Waals surface area contributed by atoms with Crippen LogP contribution >= 0.6 is 11.3 Å². The highest BCUT2D eigenvalue weighted by Gasteiger charge is 2.46. The third-order valence-corrected chi connectivity index (χ3v) is 6.87. The summed E-state index contributed by atoms with van der Waals surface area (Å²) in [6, 6.07) is 3.29.